The third-order valence-corrected chi connectivity index (χ3v) is 3.24. The Morgan fingerprint density at radius 3 is 2.88 bits per heavy atom. The zero-order valence-corrected chi connectivity index (χ0v) is 10.1. The van der Waals surface area contributed by atoms with Crippen molar-refractivity contribution < 1.29 is 0 Å². The molecule has 86 valence electrons. The third kappa shape index (κ3) is 3.13. The Morgan fingerprint density at radius 1 is 1.12 bits per heavy atom. The van der Waals surface area contributed by atoms with Crippen LogP contribution in [-0.4, -0.2) is 6.04 Å². The van der Waals surface area contributed by atoms with E-state index in [9.17, 15) is 0 Å². The Labute approximate surface area is 98.6 Å². The lowest BCUT2D eigenvalue weighted by Crippen LogP contribution is -2.18. The molecule has 1 atom stereocenters. The molecule has 0 fully saturated rings. The zero-order valence-electron chi connectivity index (χ0n) is 10.1. The fraction of sp³-hybridized carbons (Fsp3) is 0.467. The summed E-state index contributed by atoms with van der Waals surface area (Å²) in [4.78, 5) is 0. The molecule has 0 saturated heterocycles. The van der Waals surface area contributed by atoms with Crippen LogP contribution in [0.25, 0.3) is 0 Å². The minimum Gasteiger partial charge on any atom is -0.379 e. The molecule has 0 radical (unpaired) electrons. The van der Waals surface area contributed by atoms with Gasteiger partial charge in [-0.3, -0.25) is 0 Å². The second kappa shape index (κ2) is 5.74. The summed E-state index contributed by atoms with van der Waals surface area (Å²) in [5, 5.41) is 3.63. The second-order valence-corrected chi connectivity index (χ2v) is 4.63. The number of benzene rings is 1. The average Bonchev–Trinajstić information content (AvgIpc) is 2.24. The first-order valence-corrected chi connectivity index (χ1v) is 6.35. The lowest BCUT2D eigenvalue weighted by molar-refractivity contribution is 0.610. The summed E-state index contributed by atoms with van der Waals surface area (Å²) in [6.07, 6.45) is 11.2. The smallest absolute Gasteiger partial charge is 0.0444 e. The number of anilines is 1. The Hall–Kier alpha value is -1.24. The van der Waals surface area contributed by atoms with E-state index in [1.165, 1.54) is 43.4 Å². The van der Waals surface area contributed by atoms with E-state index in [1.54, 1.807) is 0 Å². The Bertz CT molecular complexity index is 354. The minimum atomic E-state index is 0.515. The predicted molar refractivity (Wildman–Crippen MR) is 70.8 cm³/mol. The topological polar surface area (TPSA) is 12.0 Å². The fourth-order valence-corrected chi connectivity index (χ4v) is 2.21. The van der Waals surface area contributed by atoms with E-state index in [-0.39, 0.29) is 0 Å². The molecule has 1 heteroatoms. The summed E-state index contributed by atoms with van der Waals surface area (Å²) in [6, 6.07) is 9.04. The summed E-state index contributed by atoms with van der Waals surface area (Å²) in [5.74, 6) is 0. The van der Waals surface area contributed by atoms with Crippen LogP contribution in [0.1, 0.15) is 37.7 Å². The Morgan fingerprint density at radius 2 is 2.00 bits per heavy atom. The molecule has 1 aromatic carbocycles. The van der Waals surface area contributed by atoms with E-state index in [0.29, 0.717) is 6.04 Å². The number of hydrogen-bond donors (Lipinski definition) is 1. The number of hydrogen-bond acceptors (Lipinski definition) is 1. The van der Waals surface area contributed by atoms with E-state index in [4.69, 9.17) is 0 Å². The van der Waals surface area contributed by atoms with Gasteiger partial charge in [-0.15, -0.1) is 0 Å². The SMILES string of the molecule is Cc1ccccc1NC1/C=C\CCCCC1. The first kappa shape index (κ1) is 11.3. The number of aryl methyl sites for hydroxylation is 1. The van der Waals surface area contributed by atoms with E-state index in [2.05, 4.69) is 48.7 Å². The van der Waals surface area contributed by atoms with Crippen LogP contribution in [0.2, 0.25) is 0 Å². The van der Waals surface area contributed by atoms with Gasteiger partial charge >= 0.3 is 0 Å². The molecule has 2 rings (SSSR count). The van der Waals surface area contributed by atoms with Gasteiger partial charge in [-0.2, -0.15) is 0 Å². The highest BCUT2D eigenvalue weighted by atomic mass is 14.9. The molecule has 16 heavy (non-hydrogen) atoms. The van der Waals surface area contributed by atoms with Gasteiger partial charge in [0.1, 0.15) is 0 Å². The maximum atomic E-state index is 3.63. The van der Waals surface area contributed by atoms with Crippen LogP contribution in [0.3, 0.4) is 0 Å². The van der Waals surface area contributed by atoms with Gasteiger partial charge in [-0.05, 0) is 37.8 Å². The average molecular weight is 215 g/mol. The standard InChI is InChI=1S/C15H21N/c1-13-9-7-8-12-15(13)16-14-10-5-3-2-4-6-11-14/h5,7-10,12,14,16H,2-4,6,11H2,1H3/b10-5-. The maximum absolute atomic E-state index is 3.63. The molecule has 1 N–H and O–H groups in total. The lowest BCUT2D eigenvalue weighted by atomic mass is 10.0. The van der Waals surface area contributed by atoms with Crippen LogP contribution in [0.15, 0.2) is 36.4 Å². The van der Waals surface area contributed by atoms with E-state index < -0.39 is 0 Å². The van der Waals surface area contributed by atoms with E-state index in [1.807, 2.05) is 0 Å². The number of para-hydroxylation sites is 1. The van der Waals surface area contributed by atoms with Crippen molar-refractivity contribution in [1.82, 2.24) is 0 Å². The van der Waals surface area contributed by atoms with Crippen molar-refractivity contribution >= 4 is 5.69 Å². The highest BCUT2D eigenvalue weighted by molar-refractivity contribution is 5.51. The van der Waals surface area contributed by atoms with Gasteiger partial charge in [-0.1, -0.05) is 43.2 Å². The van der Waals surface area contributed by atoms with Crippen LogP contribution < -0.4 is 5.32 Å². The molecule has 0 spiro atoms. The van der Waals surface area contributed by atoms with Gasteiger partial charge in [0.25, 0.3) is 0 Å². The summed E-state index contributed by atoms with van der Waals surface area (Å²) in [7, 11) is 0. The molecule has 1 unspecified atom stereocenters. The minimum absolute atomic E-state index is 0.515. The van der Waals surface area contributed by atoms with Gasteiger partial charge in [0.15, 0.2) is 0 Å². The van der Waals surface area contributed by atoms with Crippen LogP contribution >= 0.6 is 0 Å². The van der Waals surface area contributed by atoms with Gasteiger partial charge in [0.2, 0.25) is 0 Å². The number of rotatable bonds is 2. The second-order valence-electron chi connectivity index (χ2n) is 4.63. The molecular weight excluding hydrogens is 194 g/mol. The predicted octanol–water partition coefficient (Wildman–Crippen LogP) is 4.30. The van der Waals surface area contributed by atoms with Gasteiger partial charge in [-0.25, -0.2) is 0 Å². The normalized spacial score (nSPS) is 23.2. The molecule has 0 bridgehead atoms. The highest BCUT2D eigenvalue weighted by Gasteiger charge is 2.07. The number of nitrogens with one attached hydrogen (secondary N) is 1. The van der Waals surface area contributed by atoms with Gasteiger partial charge < -0.3 is 5.32 Å². The van der Waals surface area contributed by atoms with Gasteiger partial charge in [0, 0.05) is 11.7 Å². The van der Waals surface area contributed by atoms with Crippen LogP contribution in [-0.2, 0) is 0 Å². The first-order chi connectivity index (χ1) is 7.86. The highest BCUT2D eigenvalue weighted by Crippen LogP contribution is 2.19. The van der Waals surface area contributed by atoms with E-state index >= 15 is 0 Å². The Kier molecular flexibility index (Phi) is 4.03. The summed E-state index contributed by atoms with van der Waals surface area (Å²) >= 11 is 0. The van der Waals surface area contributed by atoms with Crippen molar-refractivity contribution in [3.8, 4) is 0 Å². The molecule has 1 aliphatic rings. The van der Waals surface area contributed by atoms with Crippen molar-refractivity contribution in [3.63, 3.8) is 0 Å². The molecule has 1 aromatic rings. The molecular formula is C15H21N. The first-order valence-electron chi connectivity index (χ1n) is 6.35. The molecule has 0 aliphatic heterocycles. The van der Waals surface area contributed by atoms with Crippen molar-refractivity contribution in [1.29, 1.82) is 0 Å². The lowest BCUT2D eigenvalue weighted by Gasteiger charge is -2.19. The van der Waals surface area contributed by atoms with Crippen LogP contribution in [0.5, 0.6) is 0 Å². The monoisotopic (exact) mass is 215 g/mol. The largest absolute Gasteiger partial charge is 0.379 e. The summed E-state index contributed by atoms with van der Waals surface area (Å²) < 4.78 is 0. The van der Waals surface area contributed by atoms with Crippen LogP contribution in [0, 0.1) is 6.92 Å². The fourth-order valence-electron chi connectivity index (χ4n) is 2.21. The molecule has 0 amide bonds. The maximum Gasteiger partial charge on any atom is 0.0444 e. The molecule has 0 aromatic heterocycles. The third-order valence-electron chi connectivity index (χ3n) is 3.24. The number of allylic oxidation sites excluding steroid dienone is 1. The Balaban J connectivity index is 2.02. The summed E-state index contributed by atoms with van der Waals surface area (Å²) in [5.41, 5.74) is 2.61. The summed E-state index contributed by atoms with van der Waals surface area (Å²) in [6.45, 7) is 2.16. The van der Waals surface area contributed by atoms with Gasteiger partial charge in [0.05, 0.1) is 0 Å². The quantitative estimate of drug-likeness (QED) is 0.725. The van der Waals surface area contributed by atoms with Crippen molar-refractivity contribution in [2.45, 2.75) is 45.1 Å². The molecule has 0 saturated carbocycles. The van der Waals surface area contributed by atoms with Crippen molar-refractivity contribution in [2.24, 2.45) is 0 Å². The van der Waals surface area contributed by atoms with Crippen molar-refractivity contribution in [2.75, 3.05) is 5.32 Å². The molecule has 0 heterocycles. The van der Waals surface area contributed by atoms with E-state index in [0.717, 1.165) is 0 Å². The van der Waals surface area contributed by atoms with Crippen molar-refractivity contribution in [3.05, 3.63) is 42.0 Å². The molecule has 1 nitrogen and oxygen atoms in total. The zero-order chi connectivity index (χ0) is 11.2. The molecule has 1 aliphatic carbocycles. The van der Waals surface area contributed by atoms with Crippen LogP contribution in [0.4, 0.5) is 5.69 Å².